The van der Waals surface area contributed by atoms with E-state index in [1.54, 1.807) is 31.1 Å². The quantitative estimate of drug-likeness (QED) is 0.665. The number of amides is 1. The first kappa shape index (κ1) is 15.1. The van der Waals surface area contributed by atoms with Crippen molar-refractivity contribution in [2.24, 2.45) is 0 Å². The van der Waals surface area contributed by atoms with Gasteiger partial charge < -0.3 is 15.4 Å². The highest BCUT2D eigenvalue weighted by molar-refractivity contribution is 9.10. The van der Waals surface area contributed by atoms with Gasteiger partial charge in [0.2, 0.25) is 5.91 Å². The Morgan fingerprint density at radius 1 is 1.50 bits per heavy atom. The predicted molar refractivity (Wildman–Crippen MR) is 77.0 cm³/mol. The molecule has 1 amide bonds. The molecular weight excluding hydrogens is 320 g/mol. The van der Waals surface area contributed by atoms with Gasteiger partial charge in [0.15, 0.2) is 5.75 Å². The summed E-state index contributed by atoms with van der Waals surface area (Å²) in [6, 6.07) is 3.35. The van der Waals surface area contributed by atoms with Crippen LogP contribution in [0.1, 0.15) is 12.8 Å². The van der Waals surface area contributed by atoms with Crippen LogP contribution < -0.4 is 10.5 Å². The highest BCUT2D eigenvalue weighted by Crippen LogP contribution is 2.34. The summed E-state index contributed by atoms with van der Waals surface area (Å²) in [6.45, 7) is 0.435. The van der Waals surface area contributed by atoms with Crippen LogP contribution in [0.3, 0.4) is 0 Å². The van der Waals surface area contributed by atoms with E-state index in [4.69, 9.17) is 22.1 Å². The molecule has 0 saturated heterocycles. The molecule has 0 radical (unpaired) electrons. The van der Waals surface area contributed by atoms with Crippen molar-refractivity contribution in [3.8, 4) is 5.75 Å². The van der Waals surface area contributed by atoms with Gasteiger partial charge in [-0.15, -0.1) is 0 Å². The van der Waals surface area contributed by atoms with Crippen molar-refractivity contribution < 1.29 is 9.53 Å². The molecule has 0 bridgehead atoms. The first-order chi connectivity index (χ1) is 8.41. The number of nitrogen functional groups attached to an aromatic ring is 1. The molecule has 0 aliphatic heterocycles. The predicted octanol–water partition coefficient (Wildman–Crippen LogP) is 2.93. The van der Waals surface area contributed by atoms with E-state index in [-0.39, 0.29) is 5.91 Å². The normalized spacial score (nSPS) is 10.2. The number of nitrogens with two attached hydrogens (primary N) is 1. The molecule has 1 aromatic rings. The standard InChI is InChI=1S/C12H16BrClN2O2/c1-16(2)11(17)4-3-5-18-12-9(13)6-8(14)7-10(12)15/h6-7H,3-5,15H2,1-2H3. The maximum Gasteiger partial charge on any atom is 0.222 e. The van der Waals surface area contributed by atoms with Crippen molar-refractivity contribution in [1.29, 1.82) is 0 Å². The Balaban J connectivity index is 2.47. The third-order valence-electron chi connectivity index (χ3n) is 2.32. The number of hydrogen-bond donors (Lipinski definition) is 1. The summed E-state index contributed by atoms with van der Waals surface area (Å²) < 4.78 is 6.27. The van der Waals surface area contributed by atoms with Gasteiger partial charge in [-0.2, -0.15) is 0 Å². The molecular formula is C12H16BrClN2O2. The molecule has 0 unspecified atom stereocenters. The lowest BCUT2D eigenvalue weighted by molar-refractivity contribution is -0.128. The highest BCUT2D eigenvalue weighted by Gasteiger charge is 2.09. The minimum atomic E-state index is 0.0849. The zero-order valence-corrected chi connectivity index (χ0v) is 12.7. The Hall–Kier alpha value is -0.940. The SMILES string of the molecule is CN(C)C(=O)CCCOc1c(N)cc(Cl)cc1Br. The molecule has 0 fully saturated rings. The van der Waals surface area contributed by atoms with Gasteiger partial charge in [0.05, 0.1) is 16.8 Å². The van der Waals surface area contributed by atoms with Crippen molar-refractivity contribution >= 4 is 39.1 Å². The van der Waals surface area contributed by atoms with E-state index < -0.39 is 0 Å². The van der Waals surface area contributed by atoms with Crippen molar-refractivity contribution in [2.75, 3.05) is 26.4 Å². The second-order valence-corrected chi connectivity index (χ2v) is 5.34. The van der Waals surface area contributed by atoms with Crippen molar-refractivity contribution in [3.05, 3.63) is 21.6 Å². The van der Waals surface area contributed by atoms with E-state index >= 15 is 0 Å². The van der Waals surface area contributed by atoms with Gasteiger partial charge in [0.25, 0.3) is 0 Å². The van der Waals surface area contributed by atoms with Gasteiger partial charge in [0.1, 0.15) is 0 Å². The summed E-state index contributed by atoms with van der Waals surface area (Å²) >= 11 is 9.18. The lowest BCUT2D eigenvalue weighted by Crippen LogP contribution is -2.21. The number of benzene rings is 1. The van der Waals surface area contributed by atoms with Crippen LogP contribution >= 0.6 is 27.5 Å². The minimum Gasteiger partial charge on any atom is -0.490 e. The van der Waals surface area contributed by atoms with E-state index in [2.05, 4.69) is 15.9 Å². The van der Waals surface area contributed by atoms with Crippen LogP contribution in [0.25, 0.3) is 0 Å². The van der Waals surface area contributed by atoms with Gasteiger partial charge in [-0.25, -0.2) is 0 Å². The molecule has 0 aliphatic rings. The zero-order valence-electron chi connectivity index (χ0n) is 10.4. The van der Waals surface area contributed by atoms with E-state index in [0.29, 0.717) is 40.4 Å². The number of carbonyl (C=O) groups is 1. The second kappa shape index (κ2) is 6.85. The van der Waals surface area contributed by atoms with E-state index in [1.807, 2.05) is 0 Å². The van der Waals surface area contributed by atoms with Crippen molar-refractivity contribution in [1.82, 2.24) is 4.90 Å². The number of nitrogens with zero attached hydrogens (tertiary/aromatic N) is 1. The molecule has 0 atom stereocenters. The fourth-order valence-electron chi connectivity index (χ4n) is 1.35. The minimum absolute atomic E-state index is 0.0849. The monoisotopic (exact) mass is 334 g/mol. The molecule has 0 aromatic heterocycles. The number of hydrogen-bond acceptors (Lipinski definition) is 3. The summed E-state index contributed by atoms with van der Waals surface area (Å²) in [5.74, 6) is 0.651. The average Bonchev–Trinajstić information content (AvgIpc) is 2.26. The summed E-state index contributed by atoms with van der Waals surface area (Å²) in [7, 11) is 3.47. The summed E-state index contributed by atoms with van der Waals surface area (Å²) in [6.07, 6.45) is 1.10. The summed E-state index contributed by atoms with van der Waals surface area (Å²) in [5, 5.41) is 0.550. The maximum absolute atomic E-state index is 11.4. The van der Waals surface area contributed by atoms with Crippen LogP contribution in [0.15, 0.2) is 16.6 Å². The van der Waals surface area contributed by atoms with Crippen LogP contribution in [0.5, 0.6) is 5.75 Å². The van der Waals surface area contributed by atoms with Crippen molar-refractivity contribution in [3.63, 3.8) is 0 Å². The molecule has 1 rings (SSSR count). The Morgan fingerprint density at radius 3 is 2.72 bits per heavy atom. The third-order valence-corrected chi connectivity index (χ3v) is 3.12. The average molecular weight is 336 g/mol. The lowest BCUT2D eigenvalue weighted by Gasteiger charge is -2.12. The Morgan fingerprint density at radius 2 is 2.17 bits per heavy atom. The number of halogens is 2. The van der Waals surface area contributed by atoms with Gasteiger partial charge >= 0.3 is 0 Å². The van der Waals surface area contributed by atoms with E-state index in [9.17, 15) is 4.79 Å². The molecule has 0 spiro atoms. The fraction of sp³-hybridized carbons (Fsp3) is 0.417. The Bertz CT molecular complexity index is 415. The molecule has 6 heteroatoms. The molecule has 100 valence electrons. The van der Waals surface area contributed by atoms with Crippen LogP contribution in [0.4, 0.5) is 5.69 Å². The molecule has 18 heavy (non-hydrogen) atoms. The largest absolute Gasteiger partial charge is 0.490 e. The van der Waals surface area contributed by atoms with E-state index in [0.717, 1.165) is 0 Å². The second-order valence-electron chi connectivity index (χ2n) is 4.05. The van der Waals surface area contributed by atoms with Gasteiger partial charge in [-0.1, -0.05) is 11.6 Å². The van der Waals surface area contributed by atoms with Crippen molar-refractivity contribution in [2.45, 2.75) is 12.8 Å². The topological polar surface area (TPSA) is 55.6 Å². The first-order valence-corrected chi connectivity index (χ1v) is 6.66. The molecule has 4 nitrogen and oxygen atoms in total. The summed E-state index contributed by atoms with van der Waals surface area (Å²) in [4.78, 5) is 12.9. The van der Waals surface area contributed by atoms with Gasteiger partial charge in [-0.05, 0) is 34.5 Å². The molecule has 1 aromatic carbocycles. The molecule has 0 aliphatic carbocycles. The number of anilines is 1. The Labute approximate surface area is 120 Å². The summed E-state index contributed by atoms with van der Waals surface area (Å²) in [5.41, 5.74) is 6.28. The molecule has 0 saturated carbocycles. The fourth-order valence-corrected chi connectivity index (χ4v) is 2.30. The van der Waals surface area contributed by atoms with Crippen LogP contribution in [0.2, 0.25) is 5.02 Å². The zero-order chi connectivity index (χ0) is 13.7. The van der Waals surface area contributed by atoms with Crippen LogP contribution in [0, 0.1) is 0 Å². The first-order valence-electron chi connectivity index (χ1n) is 5.49. The maximum atomic E-state index is 11.4. The van der Waals surface area contributed by atoms with Gasteiger partial charge in [0, 0.05) is 25.5 Å². The number of carbonyl (C=O) groups excluding carboxylic acids is 1. The third kappa shape index (κ3) is 4.38. The molecule has 0 heterocycles. The number of ether oxygens (including phenoxy) is 1. The van der Waals surface area contributed by atoms with Crippen LogP contribution in [-0.2, 0) is 4.79 Å². The smallest absolute Gasteiger partial charge is 0.222 e. The number of rotatable bonds is 5. The van der Waals surface area contributed by atoms with Crippen LogP contribution in [-0.4, -0.2) is 31.5 Å². The lowest BCUT2D eigenvalue weighted by atomic mass is 10.3. The highest BCUT2D eigenvalue weighted by atomic mass is 79.9. The van der Waals surface area contributed by atoms with E-state index in [1.165, 1.54) is 0 Å². The molecule has 2 N–H and O–H groups in total. The van der Waals surface area contributed by atoms with Gasteiger partial charge in [-0.3, -0.25) is 4.79 Å². The Kier molecular flexibility index (Phi) is 5.75.